The van der Waals surface area contributed by atoms with E-state index in [-0.39, 0.29) is 24.5 Å². The third-order valence-electron chi connectivity index (χ3n) is 6.48. The molecule has 2 aliphatic rings. The highest BCUT2D eigenvalue weighted by Crippen LogP contribution is 2.33. The molecule has 1 aromatic rings. The van der Waals surface area contributed by atoms with Crippen molar-refractivity contribution in [1.29, 1.82) is 0 Å². The van der Waals surface area contributed by atoms with E-state index in [0.717, 1.165) is 29.9 Å². The number of rotatable bonds is 9. The lowest BCUT2D eigenvalue weighted by Crippen LogP contribution is -2.55. The second-order valence-corrected chi connectivity index (χ2v) is 13.7. The molecular weight excluding hydrogens is 498 g/mol. The minimum atomic E-state index is -3.46. The highest BCUT2D eigenvalue weighted by molar-refractivity contribution is 8.01. The van der Waals surface area contributed by atoms with Crippen LogP contribution in [-0.4, -0.2) is 89.0 Å². The molecule has 0 unspecified atom stereocenters. The number of thiazole rings is 1. The van der Waals surface area contributed by atoms with Crippen LogP contribution in [0, 0.1) is 5.92 Å². The molecular formula is C21H35N5O5S3. The number of carboxylic acids is 1. The van der Waals surface area contributed by atoms with E-state index in [2.05, 4.69) is 17.2 Å². The van der Waals surface area contributed by atoms with E-state index in [0.29, 0.717) is 42.7 Å². The van der Waals surface area contributed by atoms with Gasteiger partial charge in [0.05, 0.1) is 16.8 Å². The molecule has 0 aromatic carbocycles. The highest BCUT2D eigenvalue weighted by Gasteiger charge is 2.37. The first-order valence-corrected chi connectivity index (χ1v) is 14.8. The van der Waals surface area contributed by atoms with Gasteiger partial charge in [-0.25, -0.2) is 9.78 Å². The van der Waals surface area contributed by atoms with Gasteiger partial charge in [0.25, 0.3) is 10.2 Å². The molecule has 2 fully saturated rings. The molecule has 0 radical (unpaired) electrons. The molecule has 2 heterocycles. The van der Waals surface area contributed by atoms with E-state index in [1.54, 1.807) is 6.20 Å². The standard InChI is InChI=1S/C21H35N5O5S3/c1-15-4-6-16(7-5-15)26(17-8-11-25(12-9-17)34(30,31)24(2)3)21(29)23-20-22-14-19(33-20)32-13-10-18(27)28/h14-17H,4-13H2,1-3H3,(H,27,28)(H,22,23,29)/t15-,16-. The van der Waals surface area contributed by atoms with Gasteiger partial charge < -0.3 is 10.0 Å². The first kappa shape index (κ1) is 27.2. The zero-order chi connectivity index (χ0) is 24.9. The Bertz CT molecular complexity index is 938. The lowest BCUT2D eigenvalue weighted by Gasteiger charge is -2.44. The summed E-state index contributed by atoms with van der Waals surface area (Å²) in [5.74, 6) is 0.260. The van der Waals surface area contributed by atoms with Crippen molar-refractivity contribution in [2.75, 3.05) is 38.3 Å². The van der Waals surface area contributed by atoms with Gasteiger partial charge in [-0.05, 0) is 44.4 Å². The van der Waals surface area contributed by atoms with E-state index in [1.165, 1.54) is 45.8 Å². The number of thioether (sulfide) groups is 1. The number of piperidine rings is 1. The number of anilines is 1. The van der Waals surface area contributed by atoms with Crippen LogP contribution in [0.25, 0.3) is 0 Å². The third kappa shape index (κ3) is 7.06. The first-order valence-electron chi connectivity index (χ1n) is 11.6. The van der Waals surface area contributed by atoms with Gasteiger partial charge in [-0.3, -0.25) is 10.1 Å². The molecule has 2 N–H and O–H groups in total. The fourth-order valence-corrected chi connectivity index (χ4v) is 7.51. The number of hydrogen-bond donors (Lipinski definition) is 2. The number of aliphatic carboxylic acids is 1. The van der Waals surface area contributed by atoms with Crippen LogP contribution in [0.15, 0.2) is 10.4 Å². The molecule has 0 spiro atoms. The van der Waals surface area contributed by atoms with Crippen molar-refractivity contribution < 1.29 is 23.1 Å². The monoisotopic (exact) mass is 533 g/mol. The number of aromatic nitrogens is 1. The Morgan fingerprint density at radius 1 is 1.18 bits per heavy atom. The van der Waals surface area contributed by atoms with Crippen molar-refractivity contribution in [1.82, 2.24) is 18.5 Å². The predicted octanol–water partition coefficient (Wildman–Crippen LogP) is 3.39. The van der Waals surface area contributed by atoms with Crippen molar-refractivity contribution in [3.63, 3.8) is 0 Å². The molecule has 3 rings (SSSR count). The number of hydrogen-bond acceptors (Lipinski definition) is 7. The predicted molar refractivity (Wildman–Crippen MR) is 135 cm³/mol. The van der Waals surface area contributed by atoms with Gasteiger partial charge in [0, 0.05) is 45.0 Å². The van der Waals surface area contributed by atoms with E-state index in [4.69, 9.17) is 5.11 Å². The van der Waals surface area contributed by atoms with Crippen LogP contribution in [0.3, 0.4) is 0 Å². The summed E-state index contributed by atoms with van der Waals surface area (Å²) < 4.78 is 28.6. The molecule has 192 valence electrons. The zero-order valence-electron chi connectivity index (χ0n) is 20.0. The molecule has 0 bridgehead atoms. The second-order valence-electron chi connectivity index (χ2n) is 9.15. The van der Waals surface area contributed by atoms with Crippen LogP contribution >= 0.6 is 23.1 Å². The normalized spacial score (nSPS) is 22.6. The summed E-state index contributed by atoms with van der Waals surface area (Å²) in [6.45, 7) is 3.02. The Morgan fingerprint density at radius 3 is 2.38 bits per heavy atom. The van der Waals surface area contributed by atoms with E-state index >= 15 is 0 Å². The minimum Gasteiger partial charge on any atom is -0.481 e. The molecule has 10 nitrogen and oxygen atoms in total. The van der Waals surface area contributed by atoms with Gasteiger partial charge in [0.2, 0.25) is 0 Å². The molecule has 34 heavy (non-hydrogen) atoms. The number of carbonyl (C=O) groups excluding carboxylic acids is 1. The van der Waals surface area contributed by atoms with Gasteiger partial charge in [-0.2, -0.15) is 17.0 Å². The van der Waals surface area contributed by atoms with Crippen molar-refractivity contribution in [2.45, 2.75) is 68.2 Å². The summed E-state index contributed by atoms with van der Waals surface area (Å²) in [5, 5.41) is 12.2. The molecule has 1 aliphatic carbocycles. The summed E-state index contributed by atoms with van der Waals surface area (Å²) in [6, 6.07) is -0.0936. The summed E-state index contributed by atoms with van der Waals surface area (Å²) in [7, 11) is -0.392. The van der Waals surface area contributed by atoms with Crippen molar-refractivity contribution in [3.05, 3.63) is 6.20 Å². The van der Waals surface area contributed by atoms with Gasteiger partial charge >= 0.3 is 12.0 Å². The van der Waals surface area contributed by atoms with E-state index in [9.17, 15) is 18.0 Å². The molecule has 0 atom stereocenters. The molecule has 1 aromatic heterocycles. The Kier molecular flexibility index (Phi) is 9.61. The maximum absolute atomic E-state index is 13.4. The zero-order valence-corrected chi connectivity index (χ0v) is 22.4. The van der Waals surface area contributed by atoms with Crippen LogP contribution in [0.1, 0.15) is 51.9 Å². The number of urea groups is 1. The third-order valence-corrected chi connectivity index (χ3v) is 10.5. The van der Waals surface area contributed by atoms with E-state index in [1.807, 2.05) is 4.90 Å². The fraction of sp³-hybridized carbons (Fsp3) is 0.762. The first-order chi connectivity index (χ1) is 16.1. The van der Waals surface area contributed by atoms with Crippen LogP contribution < -0.4 is 5.32 Å². The van der Waals surface area contributed by atoms with Crippen molar-refractivity contribution in [3.8, 4) is 0 Å². The van der Waals surface area contributed by atoms with Crippen molar-refractivity contribution in [2.24, 2.45) is 5.92 Å². The van der Waals surface area contributed by atoms with Crippen LogP contribution in [-0.2, 0) is 15.0 Å². The smallest absolute Gasteiger partial charge is 0.324 e. The van der Waals surface area contributed by atoms with Gasteiger partial charge in [0.1, 0.15) is 0 Å². The summed E-state index contributed by atoms with van der Waals surface area (Å²) >= 11 is 2.75. The number of amides is 2. The Morgan fingerprint density at radius 2 is 1.79 bits per heavy atom. The average molecular weight is 534 g/mol. The van der Waals surface area contributed by atoms with E-state index < -0.39 is 16.2 Å². The molecule has 2 amide bonds. The SMILES string of the molecule is CN(C)S(=O)(=O)N1CCC(N(C(=O)Nc2ncc(SCCC(=O)O)s2)[C@H]2CC[C@H](C)CC2)CC1. The topological polar surface area (TPSA) is 123 Å². The average Bonchev–Trinajstić information content (AvgIpc) is 3.22. The quantitative estimate of drug-likeness (QED) is 0.466. The largest absolute Gasteiger partial charge is 0.481 e. The summed E-state index contributed by atoms with van der Waals surface area (Å²) in [5.41, 5.74) is 0. The molecule has 1 aliphatic heterocycles. The number of carboxylic acid groups (broad SMARTS) is 1. The van der Waals surface area contributed by atoms with Crippen molar-refractivity contribution >= 4 is 50.4 Å². The Labute approximate surface area is 210 Å². The maximum Gasteiger partial charge on any atom is 0.324 e. The van der Waals surface area contributed by atoms with Crippen LogP contribution in [0.2, 0.25) is 0 Å². The second kappa shape index (κ2) is 12.0. The lowest BCUT2D eigenvalue weighted by molar-refractivity contribution is -0.136. The Hall–Kier alpha value is -1.41. The molecule has 1 saturated carbocycles. The van der Waals surface area contributed by atoms with Gasteiger partial charge in [-0.1, -0.05) is 18.3 Å². The van der Waals surface area contributed by atoms with Gasteiger partial charge in [-0.15, -0.1) is 11.8 Å². The van der Waals surface area contributed by atoms with Crippen LogP contribution in [0.4, 0.5) is 9.93 Å². The number of carbonyl (C=O) groups is 2. The molecule has 1 saturated heterocycles. The van der Waals surface area contributed by atoms with Crippen LogP contribution in [0.5, 0.6) is 0 Å². The summed E-state index contributed by atoms with van der Waals surface area (Å²) in [6.07, 6.45) is 6.96. The maximum atomic E-state index is 13.4. The minimum absolute atomic E-state index is 0.0311. The molecule has 13 heteroatoms. The summed E-state index contributed by atoms with van der Waals surface area (Å²) in [4.78, 5) is 30.4. The highest BCUT2D eigenvalue weighted by atomic mass is 32.2. The Balaban J connectivity index is 1.67. The fourth-order valence-electron chi connectivity index (χ4n) is 4.51. The number of nitrogens with one attached hydrogen (secondary N) is 1. The van der Waals surface area contributed by atoms with Gasteiger partial charge in [0.15, 0.2) is 5.13 Å². The lowest BCUT2D eigenvalue weighted by atomic mass is 9.85. The number of nitrogens with zero attached hydrogens (tertiary/aromatic N) is 4.